The Labute approximate surface area is 131 Å². The van der Waals surface area contributed by atoms with Crippen LogP contribution in [0.5, 0.6) is 0 Å². The van der Waals surface area contributed by atoms with Crippen LogP contribution >= 0.6 is 11.6 Å². The van der Waals surface area contributed by atoms with Gasteiger partial charge in [-0.05, 0) is 17.7 Å². The van der Waals surface area contributed by atoms with Crippen molar-refractivity contribution in [3.63, 3.8) is 0 Å². The Balaban J connectivity index is 2.61. The van der Waals surface area contributed by atoms with Gasteiger partial charge < -0.3 is 0 Å². The highest BCUT2D eigenvalue weighted by molar-refractivity contribution is 6.68. The first-order valence-electron chi connectivity index (χ1n) is 6.25. The lowest BCUT2D eigenvalue weighted by molar-refractivity contribution is -0.401. The molecule has 5 nitrogen and oxygen atoms in total. The zero-order valence-electron chi connectivity index (χ0n) is 11.2. The number of hydrogen-bond acceptors (Lipinski definition) is 4. The van der Waals surface area contributed by atoms with Gasteiger partial charge in [-0.2, -0.15) is 0 Å². The van der Waals surface area contributed by atoms with Crippen LogP contribution < -0.4 is 0 Å². The highest BCUT2D eigenvalue weighted by Gasteiger charge is 2.22. The summed E-state index contributed by atoms with van der Waals surface area (Å²) in [5.74, 6) is -0.553. The lowest BCUT2D eigenvalue weighted by Gasteiger charge is -2.08. The quantitative estimate of drug-likeness (QED) is 0.278. The van der Waals surface area contributed by atoms with Gasteiger partial charge in [-0.15, -0.1) is 0 Å². The van der Waals surface area contributed by atoms with Crippen molar-refractivity contribution in [1.82, 2.24) is 0 Å². The molecule has 2 aromatic carbocycles. The number of rotatable bonds is 5. The van der Waals surface area contributed by atoms with E-state index in [4.69, 9.17) is 11.6 Å². The number of nitrogens with zero attached hydrogens (tertiary/aromatic N) is 1. The second kappa shape index (κ2) is 6.78. The predicted octanol–water partition coefficient (Wildman–Crippen LogP) is 3.57. The van der Waals surface area contributed by atoms with Crippen LogP contribution in [0.25, 0.3) is 5.57 Å². The fraction of sp³-hybridized carbons (Fsp3) is 0. The van der Waals surface area contributed by atoms with Gasteiger partial charge in [0.2, 0.25) is 6.20 Å². The minimum absolute atomic E-state index is 0.0431. The zero-order chi connectivity index (χ0) is 16.1. The lowest BCUT2D eigenvalue weighted by Crippen LogP contribution is -2.08. The van der Waals surface area contributed by atoms with Crippen LogP contribution in [0.15, 0.2) is 60.8 Å². The second-order valence-electron chi connectivity index (χ2n) is 4.34. The lowest BCUT2D eigenvalue weighted by atomic mass is 9.94. The monoisotopic (exact) mass is 315 g/mol. The van der Waals surface area contributed by atoms with Crippen LogP contribution in [0, 0.1) is 10.1 Å². The molecule has 0 aliphatic carbocycles. The maximum absolute atomic E-state index is 12.5. The van der Waals surface area contributed by atoms with Crippen molar-refractivity contribution in [2.45, 2.75) is 0 Å². The SMILES string of the molecule is O=C(C(=C[N+](=O)[O-])c1ccccc1C(=O)Cl)c1ccccc1. The van der Waals surface area contributed by atoms with Crippen LogP contribution in [0.3, 0.4) is 0 Å². The maximum Gasteiger partial charge on any atom is 0.253 e. The summed E-state index contributed by atoms with van der Waals surface area (Å²) in [6.07, 6.45) is 0.591. The molecule has 2 rings (SSSR count). The number of nitro groups is 1. The Bertz CT molecular complexity index is 769. The van der Waals surface area contributed by atoms with Gasteiger partial charge in [0.1, 0.15) is 5.57 Å². The molecule has 0 spiro atoms. The Morgan fingerprint density at radius 3 is 2.05 bits per heavy atom. The number of halogens is 1. The first kappa shape index (κ1) is 15.6. The number of ketones is 1. The average molecular weight is 316 g/mol. The van der Waals surface area contributed by atoms with E-state index in [2.05, 4.69) is 0 Å². The van der Waals surface area contributed by atoms with Crippen LogP contribution in [-0.2, 0) is 0 Å². The summed E-state index contributed by atoms with van der Waals surface area (Å²) >= 11 is 5.49. The normalized spacial score (nSPS) is 11.0. The number of hydrogen-bond donors (Lipinski definition) is 0. The van der Waals surface area contributed by atoms with Crippen molar-refractivity contribution in [2.75, 3.05) is 0 Å². The van der Waals surface area contributed by atoms with Crippen molar-refractivity contribution >= 4 is 28.2 Å². The first-order chi connectivity index (χ1) is 10.5. The fourth-order valence-electron chi connectivity index (χ4n) is 1.99. The number of benzene rings is 2. The molecular weight excluding hydrogens is 306 g/mol. The van der Waals surface area contributed by atoms with E-state index < -0.39 is 15.9 Å². The van der Waals surface area contributed by atoms with Crippen molar-refractivity contribution < 1.29 is 14.5 Å². The van der Waals surface area contributed by atoms with Crippen molar-refractivity contribution in [3.8, 4) is 0 Å². The highest BCUT2D eigenvalue weighted by Crippen LogP contribution is 2.24. The van der Waals surface area contributed by atoms with Crippen molar-refractivity contribution in [1.29, 1.82) is 0 Å². The van der Waals surface area contributed by atoms with E-state index in [1.54, 1.807) is 42.5 Å². The molecule has 2 aromatic rings. The van der Waals surface area contributed by atoms with Crippen molar-refractivity contribution in [3.05, 3.63) is 87.6 Å². The van der Waals surface area contributed by atoms with Gasteiger partial charge in [0, 0.05) is 16.7 Å². The first-order valence-corrected chi connectivity index (χ1v) is 6.63. The molecule has 0 amide bonds. The average Bonchev–Trinajstić information content (AvgIpc) is 2.52. The van der Waals surface area contributed by atoms with Gasteiger partial charge in [-0.3, -0.25) is 19.7 Å². The minimum Gasteiger partial charge on any atom is -0.288 e. The van der Waals surface area contributed by atoms with E-state index in [9.17, 15) is 19.7 Å². The topological polar surface area (TPSA) is 77.3 Å². The molecule has 0 aliphatic heterocycles. The molecule has 0 N–H and O–H groups in total. The van der Waals surface area contributed by atoms with E-state index in [0.717, 1.165) is 0 Å². The molecule has 0 saturated carbocycles. The number of carbonyl (C=O) groups is 2. The van der Waals surface area contributed by atoms with E-state index in [0.29, 0.717) is 6.20 Å². The third-order valence-electron chi connectivity index (χ3n) is 2.94. The maximum atomic E-state index is 12.5. The number of allylic oxidation sites excluding steroid dienone is 1. The summed E-state index contributed by atoms with van der Waals surface area (Å²) < 4.78 is 0. The van der Waals surface area contributed by atoms with Gasteiger partial charge in [0.05, 0.1) is 4.92 Å². The molecule has 0 radical (unpaired) electrons. The largest absolute Gasteiger partial charge is 0.288 e. The minimum atomic E-state index is -0.786. The van der Waals surface area contributed by atoms with Gasteiger partial charge in [0.25, 0.3) is 5.24 Å². The number of carbonyl (C=O) groups excluding carboxylic acids is 2. The van der Waals surface area contributed by atoms with E-state index in [1.165, 1.54) is 12.1 Å². The summed E-state index contributed by atoms with van der Waals surface area (Å²) in [6, 6.07) is 14.1. The molecule has 0 aliphatic rings. The Kier molecular flexibility index (Phi) is 4.80. The standard InChI is InChI=1S/C16H10ClNO4/c17-16(20)13-9-5-4-8-12(13)14(10-18(21)22)15(19)11-6-2-1-3-7-11/h1-10H. The fourth-order valence-corrected chi connectivity index (χ4v) is 2.16. The van der Waals surface area contributed by atoms with Gasteiger partial charge in [0.15, 0.2) is 5.78 Å². The summed E-state index contributed by atoms with van der Waals surface area (Å²) in [7, 11) is 0. The van der Waals surface area contributed by atoms with Gasteiger partial charge >= 0.3 is 0 Å². The molecule has 0 aromatic heterocycles. The number of Topliss-reactive ketones (excluding diaryl/α,β-unsaturated/α-hetero) is 1. The molecule has 110 valence electrons. The summed E-state index contributed by atoms with van der Waals surface area (Å²) in [6.45, 7) is 0. The van der Waals surface area contributed by atoms with E-state index in [1.807, 2.05) is 0 Å². The third-order valence-corrected chi connectivity index (χ3v) is 3.15. The molecule has 0 fully saturated rings. The summed E-state index contributed by atoms with van der Waals surface area (Å²) in [5, 5.41) is 10.1. The predicted molar refractivity (Wildman–Crippen MR) is 82.4 cm³/mol. The molecule has 0 saturated heterocycles. The molecule has 0 unspecified atom stereocenters. The third kappa shape index (κ3) is 3.45. The zero-order valence-corrected chi connectivity index (χ0v) is 12.0. The van der Waals surface area contributed by atoms with Crippen LogP contribution in [0.4, 0.5) is 0 Å². The van der Waals surface area contributed by atoms with Gasteiger partial charge in [-0.1, -0.05) is 48.5 Å². The summed E-state index contributed by atoms with van der Waals surface area (Å²) in [4.78, 5) is 34.1. The van der Waals surface area contributed by atoms with Gasteiger partial charge in [-0.25, -0.2) is 0 Å². The summed E-state index contributed by atoms with van der Waals surface area (Å²) in [5.41, 5.74) is 0.267. The Morgan fingerprint density at radius 2 is 1.50 bits per heavy atom. The van der Waals surface area contributed by atoms with Crippen LogP contribution in [0.2, 0.25) is 0 Å². The smallest absolute Gasteiger partial charge is 0.253 e. The second-order valence-corrected chi connectivity index (χ2v) is 4.69. The molecule has 6 heteroatoms. The van der Waals surface area contributed by atoms with E-state index >= 15 is 0 Å². The highest BCUT2D eigenvalue weighted by atomic mass is 35.5. The molecule has 22 heavy (non-hydrogen) atoms. The molecular formula is C16H10ClNO4. The Hall–Kier alpha value is -2.79. The Morgan fingerprint density at radius 1 is 0.955 bits per heavy atom. The molecule has 0 atom stereocenters. The van der Waals surface area contributed by atoms with E-state index in [-0.39, 0.29) is 22.3 Å². The van der Waals surface area contributed by atoms with Crippen LogP contribution in [0.1, 0.15) is 26.3 Å². The van der Waals surface area contributed by atoms with Crippen LogP contribution in [-0.4, -0.2) is 15.9 Å². The molecule has 0 heterocycles. The van der Waals surface area contributed by atoms with Crippen molar-refractivity contribution in [2.24, 2.45) is 0 Å². The molecule has 0 bridgehead atoms.